The maximum absolute atomic E-state index is 13.9. The second-order valence-corrected chi connectivity index (χ2v) is 13.7. The predicted molar refractivity (Wildman–Crippen MR) is 167 cm³/mol. The molecule has 0 amide bonds. The monoisotopic (exact) mass is 599 g/mol. The average Bonchev–Trinajstić information content (AvgIpc) is 3.61. The number of fused-ring (bicyclic) bond motifs is 8. The number of hydrazone groups is 1. The smallest absolute Gasteiger partial charge is 0.303 e. The SMILES string of the molecule is C/C=N/Nc1cccc(-n2ncc3c2C=C2CC[C@@H]4[C@H]([C@@H](O)C[C@@]5(C)[C@H]4C[C@H]4OC(C)=N[C@]45C(=O)COC(C)=O)[C@@]2(C)C3)c1. The van der Waals surface area contributed by atoms with Crippen LogP contribution >= 0.6 is 0 Å². The number of ether oxygens (including phenoxy) is 2. The van der Waals surface area contributed by atoms with Crippen LogP contribution in [0.5, 0.6) is 0 Å². The lowest BCUT2D eigenvalue weighted by Gasteiger charge is -2.60. The van der Waals surface area contributed by atoms with Crippen molar-refractivity contribution >= 4 is 35.6 Å². The molecule has 10 nitrogen and oxygen atoms in total. The normalized spacial score (nSPS) is 36.6. The van der Waals surface area contributed by atoms with Crippen LogP contribution in [0.4, 0.5) is 5.69 Å². The molecule has 2 heterocycles. The van der Waals surface area contributed by atoms with Crippen LogP contribution in [0, 0.1) is 28.6 Å². The fraction of sp³-hybridized carbons (Fsp3) is 0.559. The highest BCUT2D eigenvalue weighted by molar-refractivity contribution is 5.97. The number of benzene rings is 1. The Bertz CT molecular complexity index is 1630. The largest absolute Gasteiger partial charge is 0.475 e. The van der Waals surface area contributed by atoms with Crippen molar-refractivity contribution in [3.63, 3.8) is 0 Å². The van der Waals surface area contributed by atoms with E-state index in [0.29, 0.717) is 18.7 Å². The Balaban J connectivity index is 1.22. The molecule has 1 aromatic carbocycles. The first kappa shape index (κ1) is 29.0. The summed E-state index contributed by atoms with van der Waals surface area (Å²) in [6, 6.07) is 8.06. The van der Waals surface area contributed by atoms with Gasteiger partial charge in [-0.15, -0.1) is 0 Å². The van der Waals surface area contributed by atoms with Gasteiger partial charge in [0.1, 0.15) is 6.10 Å². The molecular weight excluding hydrogens is 558 g/mol. The maximum atomic E-state index is 13.9. The van der Waals surface area contributed by atoms with Crippen molar-refractivity contribution in [1.82, 2.24) is 9.78 Å². The maximum Gasteiger partial charge on any atom is 0.303 e. The molecule has 44 heavy (non-hydrogen) atoms. The summed E-state index contributed by atoms with van der Waals surface area (Å²) in [5, 5.41) is 21.1. The molecule has 4 aliphatic carbocycles. The topological polar surface area (TPSA) is 127 Å². The Morgan fingerprint density at radius 3 is 2.91 bits per heavy atom. The van der Waals surface area contributed by atoms with Crippen LogP contribution < -0.4 is 5.43 Å². The van der Waals surface area contributed by atoms with Crippen LogP contribution in [0.2, 0.25) is 0 Å². The quantitative estimate of drug-likeness (QED) is 0.279. The van der Waals surface area contributed by atoms with Gasteiger partial charge >= 0.3 is 5.97 Å². The molecule has 0 spiro atoms. The van der Waals surface area contributed by atoms with Crippen molar-refractivity contribution in [3.05, 3.63) is 47.3 Å². The molecule has 7 rings (SSSR count). The molecule has 2 N–H and O–H groups in total. The van der Waals surface area contributed by atoms with Crippen molar-refractivity contribution in [2.75, 3.05) is 12.0 Å². The first-order chi connectivity index (χ1) is 21.0. The number of hydrogen-bond acceptors (Lipinski definition) is 9. The number of aliphatic hydroxyl groups is 1. The number of aromatic nitrogens is 2. The lowest BCUT2D eigenvalue weighted by Crippen LogP contribution is -2.62. The van der Waals surface area contributed by atoms with E-state index in [2.05, 4.69) is 30.5 Å². The lowest BCUT2D eigenvalue weighted by atomic mass is 9.45. The number of esters is 1. The van der Waals surface area contributed by atoms with Gasteiger partial charge in [0, 0.05) is 25.5 Å². The van der Waals surface area contributed by atoms with Gasteiger partial charge in [-0.25, -0.2) is 9.67 Å². The van der Waals surface area contributed by atoms with Crippen molar-refractivity contribution in [1.29, 1.82) is 0 Å². The highest BCUT2D eigenvalue weighted by atomic mass is 16.5. The zero-order valence-electron chi connectivity index (χ0n) is 26.0. The van der Waals surface area contributed by atoms with Gasteiger partial charge in [0.2, 0.25) is 5.78 Å². The molecule has 1 aromatic heterocycles. The number of rotatable bonds is 6. The predicted octanol–water partition coefficient (Wildman–Crippen LogP) is 4.74. The van der Waals surface area contributed by atoms with E-state index >= 15 is 0 Å². The van der Waals surface area contributed by atoms with Gasteiger partial charge < -0.3 is 14.6 Å². The first-order valence-corrected chi connectivity index (χ1v) is 15.7. The molecule has 3 fully saturated rings. The lowest BCUT2D eigenvalue weighted by molar-refractivity contribution is -0.156. The van der Waals surface area contributed by atoms with Crippen LogP contribution in [0.3, 0.4) is 0 Å². The Hall–Kier alpha value is -3.79. The number of aliphatic hydroxyl groups excluding tert-OH is 1. The average molecular weight is 600 g/mol. The molecule has 3 saturated carbocycles. The van der Waals surface area contributed by atoms with E-state index in [0.717, 1.165) is 36.3 Å². The molecule has 232 valence electrons. The number of aliphatic imine (C=N–C) groups is 1. The fourth-order valence-corrected chi connectivity index (χ4v) is 9.88. The summed E-state index contributed by atoms with van der Waals surface area (Å²) in [6.45, 7) is 9.04. The van der Waals surface area contributed by atoms with Gasteiger partial charge in [-0.3, -0.25) is 15.0 Å². The number of carbonyl (C=O) groups excluding carboxylic acids is 2. The number of anilines is 1. The van der Waals surface area contributed by atoms with E-state index in [9.17, 15) is 14.7 Å². The van der Waals surface area contributed by atoms with E-state index in [1.807, 2.05) is 42.1 Å². The molecule has 0 radical (unpaired) electrons. The van der Waals surface area contributed by atoms with E-state index in [4.69, 9.17) is 19.6 Å². The van der Waals surface area contributed by atoms with Gasteiger partial charge in [-0.2, -0.15) is 10.2 Å². The zero-order valence-corrected chi connectivity index (χ0v) is 26.0. The standard InChI is InChI=1S/C34H41N5O5/c1-6-35-38-23-8-7-9-24(13-23)39-27-12-22-10-11-25-26-14-30-34(37-19(2)44-30,29(42)18-43-20(3)40)33(26,5)16-28(41)31(25)32(22,4)15-21(27)17-36-39/h6-9,12-13,17,25-26,28,30-31,38,41H,10-11,14-16,18H2,1-5H3/b35-6+/t25-,26-,28-,30+,31+,32-,33-,34+/m0/s1. The van der Waals surface area contributed by atoms with Gasteiger partial charge in [-0.05, 0) is 92.0 Å². The summed E-state index contributed by atoms with van der Waals surface area (Å²) in [5.74, 6) is 0.128. The van der Waals surface area contributed by atoms with Gasteiger partial charge in [0.25, 0.3) is 0 Å². The minimum Gasteiger partial charge on any atom is -0.475 e. The molecule has 8 atom stereocenters. The van der Waals surface area contributed by atoms with Crippen molar-refractivity contribution in [2.24, 2.45) is 38.7 Å². The fourth-order valence-electron chi connectivity index (χ4n) is 9.88. The molecule has 0 unspecified atom stereocenters. The summed E-state index contributed by atoms with van der Waals surface area (Å²) in [5.41, 5.74) is 6.49. The van der Waals surface area contributed by atoms with Crippen LogP contribution in [-0.4, -0.2) is 63.1 Å². The minimum absolute atomic E-state index is 0.0287. The van der Waals surface area contributed by atoms with Crippen LogP contribution in [0.1, 0.15) is 71.6 Å². The van der Waals surface area contributed by atoms with E-state index < -0.39 is 29.1 Å². The zero-order chi connectivity index (χ0) is 31.0. The van der Waals surface area contributed by atoms with Crippen molar-refractivity contribution in [2.45, 2.75) is 84.5 Å². The third-order valence-corrected chi connectivity index (χ3v) is 11.5. The Labute approximate surface area is 257 Å². The number of nitrogens with zero attached hydrogens (tertiary/aromatic N) is 4. The third kappa shape index (κ3) is 3.99. The van der Waals surface area contributed by atoms with E-state index in [1.165, 1.54) is 18.1 Å². The van der Waals surface area contributed by atoms with Crippen molar-refractivity contribution in [3.8, 4) is 5.69 Å². The summed E-state index contributed by atoms with van der Waals surface area (Å²) >= 11 is 0. The number of hydrogen-bond donors (Lipinski definition) is 2. The minimum atomic E-state index is -1.16. The number of Topliss-reactive ketones (excluding diaryl/α,β-unsaturated/α-hetero) is 1. The summed E-state index contributed by atoms with van der Waals surface area (Å²) in [6.07, 6.45) is 8.71. The number of allylic oxidation sites excluding steroid dienone is 1. The Morgan fingerprint density at radius 2 is 2.14 bits per heavy atom. The van der Waals surface area contributed by atoms with Crippen LogP contribution in [-0.2, 0) is 25.5 Å². The van der Waals surface area contributed by atoms with Crippen molar-refractivity contribution < 1.29 is 24.2 Å². The van der Waals surface area contributed by atoms with Gasteiger partial charge in [0.15, 0.2) is 18.0 Å². The number of carbonyl (C=O) groups is 2. The van der Waals surface area contributed by atoms with E-state index in [-0.39, 0.29) is 35.6 Å². The summed E-state index contributed by atoms with van der Waals surface area (Å²) < 4.78 is 13.4. The Morgan fingerprint density at radius 1 is 1.32 bits per heavy atom. The number of nitrogens with one attached hydrogen (secondary N) is 1. The third-order valence-electron chi connectivity index (χ3n) is 11.5. The first-order valence-electron chi connectivity index (χ1n) is 15.7. The molecule has 0 bridgehead atoms. The van der Waals surface area contributed by atoms with Gasteiger partial charge in [0.05, 0.1) is 29.4 Å². The second kappa shape index (κ2) is 10.1. The molecular formula is C34H41N5O5. The molecule has 1 aliphatic heterocycles. The molecule has 10 heteroatoms. The highest BCUT2D eigenvalue weighted by Gasteiger charge is 2.74. The Kier molecular flexibility index (Phi) is 6.66. The van der Waals surface area contributed by atoms with Gasteiger partial charge in [-0.1, -0.05) is 25.5 Å². The summed E-state index contributed by atoms with van der Waals surface area (Å²) in [7, 11) is 0. The van der Waals surface area contributed by atoms with Crippen LogP contribution in [0.25, 0.3) is 11.8 Å². The molecule has 5 aliphatic rings. The van der Waals surface area contributed by atoms with E-state index in [1.54, 1.807) is 13.1 Å². The van der Waals surface area contributed by atoms with Crippen LogP contribution in [0.15, 0.2) is 46.1 Å². The summed E-state index contributed by atoms with van der Waals surface area (Å²) in [4.78, 5) is 30.4. The molecule has 2 aromatic rings. The second-order valence-electron chi connectivity index (χ2n) is 13.7. The highest BCUT2D eigenvalue weighted by Crippen LogP contribution is 2.69. The molecule has 0 saturated heterocycles. The number of ketones is 1.